The van der Waals surface area contributed by atoms with Crippen molar-refractivity contribution in [2.45, 2.75) is 18.4 Å². The zero-order valence-electron chi connectivity index (χ0n) is 7.14. The lowest BCUT2D eigenvalue weighted by molar-refractivity contribution is -0.140. The van der Waals surface area contributed by atoms with E-state index in [9.17, 15) is 9.59 Å². The van der Waals surface area contributed by atoms with Crippen molar-refractivity contribution in [1.29, 1.82) is 0 Å². The Bertz CT molecular complexity index is 363. The van der Waals surface area contributed by atoms with Crippen LogP contribution in [0.3, 0.4) is 0 Å². The van der Waals surface area contributed by atoms with Gasteiger partial charge in [-0.3, -0.25) is 4.79 Å². The van der Waals surface area contributed by atoms with Gasteiger partial charge in [0.2, 0.25) is 5.91 Å². The van der Waals surface area contributed by atoms with Gasteiger partial charge in [-0.05, 0) is 0 Å². The lowest BCUT2D eigenvalue weighted by atomic mass is 9.98. The molecule has 2 unspecified atom stereocenters. The van der Waals surface area contributed by atoms with Gasteiger partial charge < -0.3 is 10.4 Å². The molecule has 0 aromatic carbocycles. The molecule has 1 aromatic heterocycles. The van der Waals surface area contributed by atoms with E-state index in [0.717, 1.165) is 0 Å². The Morgan fingerprint density at radius 3 is 3.07 bits per heavy atom. The summed E-state index contributed by atoms with van der Waals surface area (Å²) in [6.07, 6.45) is 0.209. The molecule has 1 aliphatic rings. The number of carbonyl (C=O) groups excluding carboxylic acids is 1. The predicted molar refractivity (Wildman–Crippen MR) is 49.0 cm³/mol. The quantitative estimate of drug-likeness (QED) is 0.734. The Kier molecular flexibility index (Phi) is 2.20. The second-order valence-corrected chi connectivity index (χ2v) is 3.83. The van der Waals surface area contributed by atoms with Gasteiger partial charge in [0, 0.05) is 17.7 Å². The van der Waals surface area contributed by atoms with E-state index in [-0.39, 0.29) is 18.2 Å². The van der Waals surface area contributed by atoms with Crippen LogP contribution < -0.4 is 5.32 Å². The third-order valence-electron chi connectivity index (χ3n) is 2.22. The standard InChI is InChI=1S/C8H8N2O3S/c11-6-1-4(5-2-14-3-9-5)7(10-6)8(12)13/h2-4,7H,1H2,(H,10,11)(H,12,13). The van der Waals surface area contributed by atoms with Crippen molar-refractivity contribution >= 4 is 23.2 Å². The first-order valence-electron chi connectivity index (χ1n) is 4.08. The number of hydrogen-bond acceptors (Lipinski definition) is 4. The number of thiazole rings is 1. The molecule has 0 aliphatic carbocycles. The van der Waals surface area contributed by atoms with Crippen molar-refractivity contribution in [3.63, 3.8) is 0 Å². The smallest absolute Gasteiger partial charge is 0.326 e. The van der Waals surface area contributed by atoms with Crippen LogP contribution in [0.1, 0.15) is 18.0 Å². The highest BCUT2D eigenvalue weighted by Crippen LogP contribution is 2.28. The molecule has 2 heterocycles. The Labute approximate surface area is 83.8 Å². The Balaban J connectivity index is 2.26. The Morgan fingerprint density at radius 1 is 1.71 bits per heavy atom. The van der Waals surface area contributed by atoms with E-state index < -0.39 is 12.0 Å². The summed E-state index contributed by atoms with van der Waals surface area (Å²) in [6, 6.07) is -0.829. The SMILES string of the molecule is O=C1CC(c2cscn2)C(C(=O)O)N1. The van der Waals surface area contributed by atoms with Crippen LogP contribution in [0.4, 0.5) is 0 Å². The molecule has 6 heteroatoms. The molecule has 74 valence electrons. The topological polar surface area (TPSA) is 79.3 Å². The first-order valence-corrected chi connectivity index (χ1v) is 5.03. The van der Waals surface area contributed by atoms with Crippen molar-refractivity contribution < 1.29 is 14.7 Å². The average Bonchev–Trinajstić information content (AvgIpc) is 2.70. The maximum absolute atomic E-state index is 11.1. The third-order valence-corrected chi connectivity index (χ3v) is 2.83. The van der Waals surface area contributed by atoms with Crippen LogP contribution in [0.5, 0.6) is 0 Å². The normalized spacial score (nSPS) is 26.1. The molecule has 1 aliphatic heterocycles. The first-order chi connectivity index (χ1) is 6.68. The molecule has 14 heavy (non-hydrogen) atoms. The van der Waals surface area contributed by atoms with Gasteiger partial charge in [0.25, 0.3) is 0 Å². The number of carbonyl (C=O) groups is 2. The molecule has 1 saturated heterocycles. The number of rotatable bonds is 2. The molecule has 1 amide bonds. The number of amides is 1. The molecule has 0 saturated carbocycles. The van der Waals surface area contributed by atoms with Gasteiger partial charge in [-0.25, -0.2) is 9.78 Å². The Hall–Kier alpha value is -1.43. The van der Waals surface area contributed by atoms with Crippen LogP contribution in [0.25, 0.3) is 0 Å². The predicted octanol–water partition coefficient (Wildman–Crippen LogP) is 0.200. The molecular weight excluding hydrogens is 204 g/mol. The number of hydrogen-bond donors (Lipinski definition) is 2. The minimum absolute atomic E-state index is 0.209. The zero-order chi connectivity index (χ0) is 10.1. The molecular formula is C8H8N2O3S. The van der Waals surface area contributed by atoms with E-state index in [1.54, 1.807) is 10.9 Å². The van der Waals surface area contributed by atoms with Crippen molar-refractivity contribution in [1.82, 2.24) is 10.3 Å². The molecule has 2 N–H and O–H groups in total. The van der Waals surface area contributed by atoms with Gasteiger partial charge in [-0.1, -0.05) is 0 Å². The summed E-state index contributed by atoms with van der Waals surface area (Å²) in [4.78, 5) is 25.9. The van der Waals surface area contributed by atoms with Crippen molar-refractivity contribution in [3.05, 3.63) is 16.6 Å². The lowest BCUT2D eigenvalue weighted by Crippen LogP contribution is -2.36. The van der Waals surface area contributed by atoms with Crippen LogP contribution in [0.15, 0.2) is 10.9 Å². The summed E-state index contributed by atoms with van der Waals surface area (Å²) in [5, 5.41) is 13.1. The van der Waals surface area contributed by atoms with Crippen molar-refractivity contribution in [2.24, 2.45) is 0 Å². The fraction of sp³-hybridized carbons (Fsp3) is 0.375. The largest absolute Gasteiger partial charge is 0.480 e. The van der Waals surface area contributed by atoms with E-state index >= 15 is 0 Å². The van der Waals surface area contributed by atoms with E-state index in [1.165, 1.54) is 11.3 Å². The van der Waals surface area contributed by atoms with Gasteiger partial charge in [-0.2, -0.15) is 0 Å². The van der Waals surface area contributed by atoms with Crippen molar-refractivity contribution in [3.8, 4) is 0 Å². The van der Waals surface area contributed by atoms with E-state index in [0.29, 0.717) is 5.69 Å². The van der Waals surface area contributed by atoms with E-state index in [1.807, 2.05) is 0 Å². The molecule has 1 fully saturated rings. The minimum atomic E-state index is -1.01. The second kappa shape index (κ2) is 3.38. The molecule has 0 bridgehead atoms. The van der Waals surface area contributed by atoms with Gasteiger partial charge >= 0.3 is 5.97 Å². The number of aromatic nitrogens is 1. The van der Waals surface area contributed by atoms with Crippen LogP contribution in [0, 0.1) is 0 Å². The summed E-state index contributed by atoms with van der Waals surface area (Å²) in [5.41, 5.74) is 2.32. The molecule has 1 aromatic rings. The highest BCUT2D eigenvalue weighted by atomic mass is 32.1. The second-order valence-electron chi connectivity index (χ2n) is 3.11. The third kappa shape index (κ3) is 1.48. The summed E-state index contributed by atoms with van der Waals surface area (Å²) in [6.45, 7) is 0. The van der Waals surface area contributed by atoms with Gasteiger partial charge in [0.05, 0.1) is 11.2 Å². The molecule has 2 rings (SSSR count). The van der Waals surface area contributed by atoms with E-state index in [4.69, 9.17) is 5.11 Å². The van der Waals surface area contributed by atoms with Crippen LogP contribution in [0.2, 0.25) is 0 Å². The highest BCUT2D eigenvalue weighted by Gasteiger charge is 2.39. The monoisotopic (exact) mass is 212 g/mol. The summed E-state index contributed by atoms with van der Waals surface area (Å²) < 4.78 is 0. The maximum Gasteiger partial charge on any atom is 0.326 e. The van der Waals surface area contributed by atoms with Crippen LogP contribution in [-0.4, -0.2) is 28.0 Å². The fourth-order valence-corrected chi connectivity index (χ4v) is 2.18. The first kappa shape index (κ1) is 9.14. The number of nitrogens with zero attached hydrogens (tertiary/aromatic N) is 1. The van der Waals surface area contributed by atoms with Crippen LogP contribution in [-0.2, 0) is 9.59 Å². The number of carboxylic acids is 1. The van der Waals surface area contributed by atoms with Crippen molar-refractivity contribution in [2.75, 3.05) is 0 Å². The number of carboxylic acid groups (broad SMARTS) is 1. The molecule has 5 nitrogen and oxygen atoms in total. The zero-order valence-corrected chi connectivity index (χ0v) is 7.95. The summed E-state index contributed by atoms with van der Waals surface area (Å²) in [5.74, 6) is -1.56. The molecule has 2 atom stereocenters. The maximum atomic E-state index is 11.1. The van der Waals surface area contributed by atoms with Gasteiger partial charge in [-0.15, -0.1) is 11.3 Å². The van der Waals surface area contributed by atoms with Gasteiger partial charge in [0.1, 0.15) is 6.04 Å². The Morgan fingerprint density at radius 2 is 2.50 bits per heavy atom. The van der Waals surface area contributed by atoms with Crippen LogP contribution >= 0.6 is 11.3 Å². The summed E-state index contributed by atoms with van der Waals surface area (Å²) >= 11 is 1.40. The summed E-state index contributed by atoms with van der Waals surface area (Å²) in [7, 11) is 0. The van der Waals surface area contributed by atoms with E-state index in [2.05, 4.69) is 10.3 Å². The average molecular weight is 212 g/mol. The molecule has 0 spiro atoms. The molecule has 0 radical (unpaired) electrons. The number of nitrogens with one attached hydrogen (secondary N) is 1. The fourth-order valence-electron chi connectivity index (χ4n) is 1.56. The minimum Gasteiger partial charge on any atom is -0.480 e. The number of aliphatic carboxylic acids is 1. The highest BCUT2D eigenvalue weighted by molar-refractivity contribution is 7.07. The van der Waals surface area contributed by atoms with Gasteiger partial charge in [0.15, 0.2) is 0 Å². The lowest BCUT2D eigenvalue weighted by Gasteiger charge is -2.11.